The van der Waals surface area contributed by atoms with E-state index in [-0.39, 0.29) is 5.97 Å². The van der Waals surface area contributed by atoms with Crippen molar-refractivity contribution < 1.29 is 18.8 Å². The van der Waals surface area contributed by atoms with Crippen molar-refractivity contribution in [3.05, 3.63) is 72.0 Å². The summed E-state index contributed by atoms with van der Waals surface area (Å²) in [5.74, 6) is 1.44. The molecule has 0 bridgehead atoms. The molecule has 0 unspecified atom stereocenters. The highest BCUT2D eigenvalue weighted by Gasteiger charge is 2.43. The molecule has 0 radical (unpaired) electrons. The molecule has 6 nitrogen and oxygen atoms in total. The van der Waals surface area contributed by atoms with Crippen molar-refractivity contribution in [3.63, 3.8) is 0 Å². The number of hydrogen-bond donors (Lipinski definition) is 0. The van der Waals surface area contributed by atoms with E-state index >= 15 is 0 Å². The molecule has 1 aliphatic rings. The quantitative estimate of drug-likeness (QED) is 0.477. The largest absolute Gasteiger partial charge is 0.497 e. The van der Waals surface area contributed by atoms with Crippen LogP contribution < -0.4 is 4.74 Å². The zero-order valence-electron chi connectivity index (χ0n) is 18.8. The number of piperidine rings is 1. The lowest BCUT2D eigenvalue weighted by atomic mass is 9.74. The summed E-state index contributed by atoms with van der Waals surface area (Å²) in [5.41, 5.74) is 2.40. The molecule has 4 rings (SSSR count). The Kier molecular flexibility index (Phi) is 6.90. The van der Waals surface area contributed by atoms with Gasteiger partial charge in [-0.15, -0.1) is 0 Å². The Labute approximate surface area is 189 Å². The Balaban J connectivity index is 1.46. The van der Waals surface area contributed by atoms with E-state index in [1.165, 1.54) is 5.56 Å². The van der Waals surface area contributed by atoms with Crippen molar-refractivity contribution in [2.75, 3.05) is 26.8 Å². The maximum Gasteiger partial charge on any atom is 0.312 e. The fourth-order valence-electron chi connectivity index (χ4n) is 4.38. The van der Waals surface area contributed by atoms with Gasteiger partial charge in [-0.1, -0.05) is 47.6 Å². The molecule has 1 aromatic heterocycles. The highest BCUT2D eigenvalue weighted by atomic mass is 16.5. The van der Waals surface area contributed by atoms with E-state index in [9.17, 15) is 4.79 Å². The second-order valence-electron chi connectivity index (χ2n) is 8.35. The lowest BCUT2D eigenvalue weighted by molar-refractivity contribution is -0.159. The number of nitrogens with zero attached hydrogens (tertiary/aromatic N) is 2. The first-order chi connectivity index (χ1) is 15.6. The molecule has 2 aromatic carbocycles. The second-order valence-corrected chi connectivity index (χ2v) is 8.35. The van der Waals surface area contributed by atoms with Gasteiger partial charge in [-0.05, 0) is 50.6 Å². The molecule has 0 aliphatic carbocycles. The van der Waals surface area contributed by atoms with Crippen molar-refractivity contribution >= 4 is 5.97 Å². The Hall–Kier alpha value is -3.12. The summed E-state index contributed by atoms with van der Waals surface area (Å²) in [5, 5.41) is 4.23. The number of rotatable bonds is 8. The van der Waals surface area contributed by atoms with Crippen LogP contribution in [-0.4, -0.2) is 42.8 Å². The van der Waals surface area contributed by atoms with Crippen LogP contribution in [0.25, 0.3) is 11.3 Å². The maximum absolute atomic E-state index is 13.0. The van der Waals surface area contributed by atoms with E-state index in [2.05, 4.69) is 22.2 Å². The molecule has 0 spiro atoms. The molecule has 0 saturated carbocycles. The third kappa shape index (κ3) is 5.02. The van der Waals surface area contributed by atoms with Gasteiger partial charge in [0.05, 0.1) is 19.1 Å². The predicted octanol–water partition coefficient (Wildman–Crippen LogP) is 4.74. The monoisotopic (exact) mass is 434 g/mol. The van der Waals surface area contributed by atoms with Crippen LogP contribution in [0.15, 0.2) is 65.2 Å². The third-order valence-corrected chi connectivity index (χ3v) is 6.20. The van der Waals surface area contributed by atoms with Crippen LogP contribution >= 0.6 is 0 Å². The average Bonchev–Trinajstić information content (AvgIpc) is 3.29. The number of carbonyl (C=O) groups excluding carboxylic acids is 1. The van der Waals surface area contributed by atoms with E-state index in [0.29, 0.717) is 13.0 Å². The maximum atomic E-state index is 13.0. The second kappa shape index (κ2) is 10.0. The van der Waals surface area contributed by atoms with Gasteiger partial charge in [-0.2, -0.15) is 0 Å². The molecule has 1 saturated heterocycles. The van der Waals surface area contributed by atoms with Gasteiger partial charge in [0.15, 0.2) is 0 Å². The van der Waals surface area contributed by atoms with Crippen molar-refractivity contribution in [2.24, 2.45) is 5.41 Å². The van der Waals surface area contributed by atoms with Gasteiger partial charge in [0, 0.05) is 24.6 Å². The smallest absolute Gasteiger partial charge is 0.312 e. The van der Waals surface area contributed by atoms with Crippen LogP contribution in [0.3, 0.4) is 0 Å². The van der Waals surface area contributed by atoms with Gasteiger partial charge in [-0.3, -0.25) is 9.69 Å². The number of esters is 1. The summed E-state index contributed by atoms with van der Waals surface area (Å²) < 4.78 is 16.5. The van der Waals surface area contributed by atoms with E-state index in [1.54, 1.807) is 7.11 Å². The first kappa shape index (κ1) is 22.1. The molecule has 6 heteroatoms. The minimum Gasteiger partial charge on any atom is -0.497 e. The Morgan fingerprint density at radius 1 is 1.09 bits per heavy atom. The molecule has 0 amide bonds. The Morgan fingerprint density at radius 2 is 1.88 bits per heavy atom. The normalized spacial score (nSPS) is 15.9. The number of ether oxygens (including phenoxy) is 2. The molecule has 1 aliphatic heterocycles. The van der Waals surface area contributed by atoms with E-state index < -0.39 is 5.41 Å². The number of benzene rings is 2. The standard InChI is InChI=1S/C26H30N2O4/c1-3-31-25(29)26(18-23-17-24(27-32-23)21-9-5-4-6-10-21)12-14-28(15-13-26)19-20-8-7-11-22(16-20)30-2/h4-11,16-17H,3,12-15,18-19H2,1-2H3. The molecule has 1 fully saturated rings. The lowest BCUT2D eigenvalue weighted by Crippen LogP contribution is -2.46. The van der Waals surface area contributed by atoms with Gasteiger partial charge in [0.1, 0.15) is 17.2 Å². The van der Waals surface area contributed by atoms with Crippen molar-refractivity contribution in [2.45, 2.75) is 32.7 Å². The van der Waals surface area contributed by atoms with Gasteiger partial charge in [0.25, 0.3) is 0 Å². The Morgan fingerprint density at radius 3 is 2.59 bits per heavy atom. The molecule has 2 heterocycles. The SMILES string of the molecule is CCOC(=O)C1(Cc2cc(-c3ccccc3)no2)CCN(Cc2cccc(OC)c2)CC1. The fraction of sp³-hybridized carbons (Fsp3) is 0.385. The molecule has 3 aromatic rings. The fourth-order valence-corrected chi connectivity index (χ4v) is 4.38. The number of aromatic nitrogens is 1. The van der Waals surface area contributed by atoms with Crippen molar-refractivity contribution in [1.82, 2.24) is 10.1 Å². The van der Waals surface area contributed by atoms with Crippen LogP contribution in [-0.2, 0) is 22.5 Å². The van der Waals surface area contributed by atoms with Crippen LogP contribution in [0, 0.1) is 5.41 Å². The van der Waals surface area contributed by atoms with Gasteiger partial charge in [0.2, 0.25) is 0 Å². The highest BCUT2D eigenvalue weighted by Crippen LogP contribution is 2.38. The third-order valence-electron chi connectivity index (χ3n) is 6.20. The van der Waals surface area contributed by atoms with Crippen LogP contribution in [0.5, 0.6) is 5.75 Å². The van der Waals surface area contributed by atoms with Crippen LogP contribution in [0.1, 0.15) is 31.1 Å². The minimum absolute atomic E-state index is 0.140. The topological polar surface area (TPSA) is 64.8 Å². The van der Waals surface area contributed by atoms with Crippen LogP contribution in [0.2, 0.25) is 0 Å². The van der Waals surface area contributed by atoms with Gasteiger partial charge < -0.3 is 14.0 Å². The summed E-state index contributed by atoms with van der Waals surface area (Å²) in [4.78, 5) is 15.4. The zero-order valence-corrected chi connectivity index (χ0v) is 18.8. The summed E-state index contributed by atoms with van der Waals surface area (Å²) in [7, 11) is 1.68. The molecule has 0 atom stereocenters. The Bertz CT molecular complexity index is 1020. The van der Waals surface area contributed by atoms with Crippen molar-refractivity contribution in [3.8, 4) is 17.0 Å². The van der Waals surface area contributed by atoms with Gasteiger partial charge >= 0.3 is 5.97 Å². The molecule has 32 heavy (non-hydrogen) atoms. The predicted molar refractivity (Wildman–Crippen MR) is 122 cm³/mol. The van der Waals surface area contributed by atoms with Gasteiger partial charge in [-0.25, -0.2) is 0 Å². The molecular formula is C26H30N2O4. The summed E-state index contributed by atoms with van der Waals surface area (Å²) in [6.45, 7) is 4.69. The van der Waals surface area contributed by atoms with Crippen molar-refractivity contribution in [1.29, 1.82) is 0 Å². The highest BCUT2D eigenvalue weighted by molar-refractivity contribution is 5.77. The first-order valence-electron chi connectivity index (χ1n) is 11.2. The summed E-state index contributed by atoms with van der Waals surface area (Å²) in [6, 6.07) is 20.0. The lowest BCUT2D eigenvalue weighted by Gasteiger charge is -2.39. The summed E-state index contributed by atoms with van der Waals surface area (Å²) in [6.07, 6.45) is 1.94. The average molecular weight is 435 g/mol. The first-order valence-corrected chi connectivity index (χ1v) is 11.2. The molecule has 0 N–H and O–H groups in total. The number of carbonyl (C=O) groups is 1. The number of likely N-dealkylation sites (tertiary alicyclic amines) is 1. The summed E-state index contributed by atoms with van der Waals surface area (Å²) >= 11 is 0. The molecule has 168 valence electrons. The van der Waals surface area contributed by atoms with E-state index in [4.69, 9.17) is 14.0 Å². The minimum atomic E-state index is -0.589. The zero-order chi connectivity index (χ0) is 22.4. The van der Waals surface area contributed by atoms with E-state index in [0.717, 1.165) is 55.2 Å². The number of methoxy groups -OCH3 is 1. The number of hydrogen-bond acceptors (Lipinski definition) is 6. The van der Waals surface area contributed by atoms with E-state index in [1.807, 2.05) is 55.5 Å². The molecular weight excluding hydrogens is 404 g/mol. The van der Waals surface area contributed by atoms with Crippen LogP contribution in [0.4, 0.5) is 0 Å².